The van der Waals surface area contributed by atoms with Gasteiger partial charge in [0.05, 0.1) is 6.07 Å². The molecule has 1 heterocycles. The van der Waals surface area contributed by atoms with Crippen LogP contribution in [0.2, 0.25) is 0 Å². The molecule has 62 valence electrons. The van der Waals surface area contributed by atoms with E-state index in [1.54, 1.807) is 11.8 Å². The molecule has 0 spiro atoms. The lowest BCUT2D eigenvalue weighted by molar-refractivity contribution is -0.00204. The summed E-state index contributed by atoms with van der Waals surface area (Å²) in [6.07, 6.45) is 0.918. The van der Waals surface area contributed by atoms with Gasteiger partial charge >= 0.3 is 0 Å². The van der Waals surface area contributed by atoms with Gasteiger partial charge in [0.1, 0.15) is 0 Å². The van der Waals surface area contributed by atoms with E-state index in [1.165, 1.54) is 0 Å². The summed E-state index contributed by atoms with van der Waals surface area (Å²) in [4.78, 5) is 0. The van der Waals surface area contributed by atoms with Crippen molar-refractivity contribution in [2.45, 2.75) is 25.9 Å². The fourth-order valence-electron chi connectivity index (χ4n) is 1.13. The fraction of sp³-hybridized carbons (Fsp3) is 0.875. The lowest BCUT2D eigenvalue weighted by atomic mass is 9.74. The summed E-state index contributed by atoms with van der Waals surface area (Å²) < 4.78 is 0. The number of rotatable bonds is 0. The minimum atomic E-state index is -1.12. The van der Waals surface area contributed by atoms with Gasteiger partial charge < -0.3 is 5.11 Å². The van der Waals surface area contributed by atoms with Crippen molar-refractivity contribution in [3.8, 4) is 6.07 Å². The number of hydrogen-bond donors (Lipinski definition) is 1. The molecule has 11 heavy (non-hydrogen) atoms. The summed E-state index contributed by atoms with van der Waals surface area (Å²) >= 11 is 1.66. The zero-order valence-corrected chi connectivity index (χ0v) is 7.74. The van der Waals surface area contributed by atoms with E-state index in [2.05, 4.69) is 0 Å². The quantitative estimate of drug-likeness (QED) is 0.560. The van der Waals surface area contributed by atoms with Crippen molar-refractivity contribution in [3.05, 3.63) is 0 Å². The van der Waals surface area contributed by atoms with E-state index in [-0.39, 0.29) is 5.41 Å². The van der Waals surface area contributed by atoms with Crippen molar-refractivity contribution in [1.29, 1.82) is 5.26 Å². The molecule has 1 aliphatic rings. The summed E-state index contributed by atoms with van der Waals surface area (Å²) in [7, 11) is 0. The molecule has 3 heteroatoms. The second-order valence-electron chi connectivity index (χ2n) is 3.66. The normalized spacial score (nSPS) is 36.2. The largest absolute Gasteiger partial charge is 0.374 e. The maximum Gasteiger partial charge on any atom is 0.165 e. The zero-order chi connectivity index (χ0) is 8.54. The molecule has 0 amide bonds. The van der Waals surface area contributed by atoms with E-state index in [9.17, 15) is 5.11 Å². The number of thioether (sulfide) groups is 1. The molecule has 0 aromatic carbocycles. The average Bonchev–Trinajstić information content (AvgIpc) is 1.95. The number of aliphatic hydroxyl groups is 1. The lowest BCUT2D eigenvalue weighted by Gasteiger charge is -2.40. The SMILES string of the molecule is CC1(C)CCSCC1(O)C#N. The predicted molar refractivity (Wildman–Crippen MR) is 46.3 cm³/mol. The second-order valence-corrected chi connectivity index (χ2v) is 4.76. The highest BCUT2D eigenvalue weighted by molar-refractivity contribution is 7.99. The molecule has 1 aliphatic heterocycles. The third-order valence-electron chi connectivity index (χ3n) is 2.49. The second kappa shape index (κ2) is 2.69. The van der Waals surface area contributed by atoms with Crippen molar-refractivity contribution in [1.82, 2.24) is 0 Å². The van der Waals surface area contributed by atoms with Crippen molar-refractivity contribution in [3.63, 3.8) is 0 Å². The van der Waals surface area contributed by atoms with Crippen LogP contribution in [0.25, 0.3) is 0 Å². The summed E-state index contributed by atoms with van der Waals surface area (Å²) in [5.74, 6) is 1.60. The van der Waals surface area contributed by atoms with Crippen LogP contribution >= 0.6 is 11.8 Å². The first-order chi connectivity index (χ1) is 5.02. The monoisotopic (exact) mass is 171 g/mol. The Kier molecular flexibility index (Phi) is 2.17. The van der Waals surface area contributed by atoms with Gasteiger partial charge in [0.15, 0.2) is 5.60 Å². The Balaban J connectivity index is 2.85. The minimum absolute atomic E-state index is 0.243. The van der Waals surface area contributed by atoms with Crippen LogP contribution in [0.3, 0.4) is 0 Å². The van der Waals surface area contributed by atoms with E-state index in [0.29, 0.717) is 5.75 Å². The Morgan fingerprint density at radius 1 is 1.55 bits per heavy atom. The topological polar surface area (TPSA) is 44.0 Å². The van der Waals surface area contributed by atoms with Crippen LogP contribution in [-0.4, -0.2) is 22.2 Å². The molecule has 0 radical (unpaired) electrons. The maximum atomic E-state index is 9.83. The molecule has 2 nitrogen and oxygen atoms in total. The lowest BCUT2D eigenvalue weighted by Crippen LogP contribution is -2.48. The van der Waals surface area contributed by atoms with Gasteiger partial charge in [0.2, 0.25) is 0 Å². The van der Waals surface area contributed by atoms with Gasteiger partial charge in [-0.15, -0.1) is 0 Å². The predicted octanol–water partition coefficient (Wildman–Crippen LogP) is 1.40. The molecular formula is C8H13NOS. The van der Waals surface area contributed by atoms with Crippen LogP contribution < -0.4 is 0 Å². The van der Waals surface area contributed by atoms with E-state index in [1.807, 2.05) is 19.9 Å². The highest BCUT2D eigenvalue weighted by Crippen LogP contribution is 2.41. The molecule has 0 saturated carbocycles. The molecular weight excluding hydrogens is 158 g/mol. The molecule has 1 unspecified atom stereocenters. The third-order valence-corrected chi connectivity index (χ3v) is 3.60. The first kappa shape index (κ1) is 8.89. The molecule has 0 aromatic rings. The molecule has 1 rings (SSSR count). The van der Waals surface area contributed by atoms with Crippen LogP contribution in [0.4, 0.5) is 0 Å². The van der Waals surface area contributed by atoms with Crippen LogP contribution in [0.15, 0.2) is 0 Å². The zero-order valence-electron chi connectivity index (χ0n) is 6.92. The maximum absolute atomic E-state index is 9.83. The van der Waals surface area contributed by atoms with Gasteiger partial charge in [-0.2, -0.15) is 17.0 Å². The average molecular weight is 171 g/mol. The van der Waals surface area contributed by atoms with Gasteiger partial charge in [-0.3, -0.25) is 0 Å². The Hall–Kier alpha value is -0.200. The van der Waals surface area contributed by atoms with Gasteiger partial charge in [-0.25, -0.2) is 0 Å². The van der Waals surface area contributed by atoms with Crippen molar-refractivity contribution in [2.75, 3.05) is 11.5 Å². The van der Waals surface area contributed by atoms with Crippen molar-refractivity contribution in [2.24, 2.45) is 5.41 Å². The Morgan fingerprint density at radius 3 is 2.55 bits per heavy atom. The Bertz CT molecular complexity index is 197. The fourth-order valence-corrected chi connectivity index (χ4v) is 2.68. The van der Waals surface area contributed by atoms with Gasteiger partial charge in [-0.1, -0.05) is 13.8 Å². The molecule has 0 bridgehead atoms. The van der Waals surface area contributed by atoms with Crippen LogP contribution in [0.1, 0.15) is 20.3 Å². The highest BCUT2D eigenvalue weighted by atomic mass is 32.2. The Labute approximate surface area is 71.6 Å². The molecule has 0 aromatic heterocycles. The number of hydrogen-bond acceptors (Lipinski definition) is 3. The standard InChI is InChI=1S/C8H13NOS/c1-7(2)3-4-11-6-8(7,10)5-9/h10H,3-4,6H2,1-2H3. The van der Waals surface area contributed by atoms with E-state index < -0.39 is 5.60 Å². The highest BCUT2D eigenvalue weighted by Gasteiger charge is 2.45. The van der Waals surface area contributed by atoms with E-state index >= 15 is 0 Å². The first-order valence-corrected chi connectivity index (χ1v) is 4.89. The van der Waals surface area contributed by atoms with E-state index in [4.69, 9.17) is 5.26 Å². The summed E-state index contributed by atoms with van der Waals surface area (Å²) in [6, 6.07) is 2.01. The van der Waals surface area contributed by atoms with Gasteiger partial charge in [0.25, 0.3) is 0 Å². The van der Waals surface area contributed by atoms with Crippen molar-refractivity contribution >= 4 is 11.8 Å². The Morgan fingerprint density at radius 2 is 2.18 bits per heavy atom. The number of nitriles is 1. The van der Waals surface area contributed by atoms with Gasteiger partial charge in [-0.05, 0) is 12.2 Å². The summed E-state index contributed by atoms with van der Waals surface area (Å²) in [6.45, 7) is 3.91. The van der Waals surface area contributed by atoms with Crippen LogP contribution in [-0.2, 0) is 0 Å². The molecule has 1 atom stereocenters. The molecule has 1 N–H and O–H groups in total. The minimum Gasteiger partial charge on any atom is -0.374 e. The molecule has 0 aliphatic carbocycles. The van der Waals surface area contributed by atoms with E-state index in [0.717, 1.165) is 12.2 Å². The van der Waals surface area contributed by atoms with Crippen LogP contribution in [0.5, 0.6) is 0 Å². The summed E-state index contributed by atoms with van der Waals surface area (Å²) in [5.41, 5.74) is -1.36. The molecule has 1 fully saturated rings. The smallest absolute Gasteiger partial charge is 0.165 e. The first-order valence-electron chi connectivity index (χ1n) is 3.73. The molecule has 1 saturated heterocycles. The van der Waals surface area contributed by atoms with Gasteiger partial charge in [0, 0.05) is 11.2 Å². The van der Waals surface area contributed by atoms with Crippen LogP contribution in [0, 0.1) is 16.7 Å². The number of nitrogens with zero attached hydrogens (tertiary/aromatic N) is 1. The van der Waals surface area contributed by atoms with Crippen molar-refractivity contribution < 1.29 is 5.11 Å². The third kappa shape index (κ3) is 1.38. The summed E-state index contributed by atoms with van der Waals surface area (Å²) in [5, 5.41) is 18.6.